The van der Waals surface area contributed by atoms with Gasteiger partial charge in [0, 0.05) is 17.4 Å². The minimum absolute atomic E-state index is 0.0881. The van der Waals surface area contributed by atoms with Crippen LogP contribution in [0.15, 0.2) is 66.9 Å². The summed E-state index contributed by atoms with van der Waals surface area (Å²) >= 11 is 0. The number of aromatic nitrogens is 1. The molecule has 0 saturated heterocycles. The molecule has 0 bridgehead atoms. The molecule has 124 valence electrons. The highest BCUT2D eigenvalue weighted by Crippen LogP contribution is 2.23. The Bertz CT molecular complexity index is 940. The van der Waals surface area contributed by atoms with Crippen molar-refractivity contribution in [3.05, 3.63) is 83.6 Å². The molecule has 6 nitrogen and oxygen atoms in total. The van der Waals surface area contributed by atoms with Crippen molar-refractivity contribution in [2.45, 2.75) is 0 Å². The molecule has 0 aliphatic rings. The molecule has 4 N–H and O–H groups in total. The number of primary amides is 1. The zero-order chi connectivity index (χ0) is 17.8. The molecule has 0 atom stereocenters. The summed E-state index contributed by atoms with van der Waals surface area (Å²) in [5.41, 5.74) is 6.54. The van der Waals surface area contributed by atoms with E-state index in [1.165, 1.54) is 24.4 Å². The molecule has 2 aromatic carbocycles. The van der Waals surface area contributed by atoms with Gasteiger partial charge in [0.2, 0.25) is 0 Å². The van der Waals surface area contributed by atoms with E-state index in [0.717, 1.165) is 5.69 Å². The Kier molecular flexibility index (Phi) is 4.43. The number of carbonyl (C=O) groups excluding carboxylic acids is 2. The van der Waals surface area contributed by atoms with Crippen molar-refractivity contribution in [1.29, 1.82) is 0 Å². The number of nitrogens with zero attached hydrogens (tertiary/aromatic N) is 1. The van der Waals surface area contributed by atoms with Gasteiger partial charge in [0.1, 0.15) is 11.6 Å². The van der Waals surface area contributed by atoms with Crippen LogP contribution in [0.1, 0.15) is 26.3 Å². The van der Waals surface area contributed by atoms with E-state index in [2.05, 4.69) is 10.3 Å². The van der Waals surface area contributed by atoms with Crippen LogP contribution in [0.25, 0.3) is 0 Å². The maximum Gasteiger partial charge on any atom is 0.252 e. The molecule has 0 spiro atoms. The van der Waals surface area contributed by atoms with Crippen LogP contribution < -0.4 is 11.1 Å². The van der Waals surface area contributed by atoms with Crippen LogP contribution in [-0.4, -0.2) is 21.8 Å². The molecule has 0 aliphatic heterocycles. The number of aromatic hydroxyl groups is 1. The highest BCUT2D eigenvalue weighted by atomic mass is 16.3. The number of carbonyl (C=O) groups is 2. The number of ketones is 1. The molecule has 0 radical (unpaired) electrons. The molecular formula is C19H15N3O3. The van der Waals surface area contributed by atoms with Crippen molar-refractivity contribution < 1.29 is 14.7 Å². The van der Waals surface area contributed by atoms with Gasteiger partial charge in [-0.1, -0.05) is 30.3 Å². The molecule has 25 heavy (non-hydrogen) atoms. The first-order valence-corrected chi connectivity index (χ1v) is 7.51. The summed E-state index contributed by atoms with van der Waals surface area (Å²) in [6, 6.07) is 16.7. The number of hydrogen-bond donors (Lipinski definition) is 3. The molecule has 1 amide bonds. The third-order valence-corrected chi connectivity index (χ3v) is 3.60. The number of nitrogens with one attached hydrogen (secondary N) is 1. The van der Waals surface area contributed by atoms with Crippen LogP contribution in [-0.2, 0) is 0 Å². The van der Waals surface area contributed by atoms with Crippen LogP contribution in [0.2, 0.25) is 0 Å². The van der Waals surface area contributed by atoms with Crippen molar-refractivity contribution >= 4 is 23.2 Å². The SMILES string of the molecule is NC(=O)c1cc(C(=O)c2ccccc2O)cnc1Nc1ccccc1. The Morgan fingerprint density at radius 2 is 1.64 bits per heavy atom. The number of benzene rings is 2. The van der Waals surface area contributed by atoms with Crippen LogP contribution >= 0.6 is 0 Å². The van der Waals surface area contributed by atoms with Gasteiger partial charge in [-0.25, -0.2) is 4.98 Å². The number of nitrogens with two attached hydrogens (primary N) is 1. The maximum absolute atomic E-state index is 12.5. The molecule has 1 heterocycles. The lowest BCUT2D eigenvalue weighted by Crippen LogP contribution is -2.16. The second kappa shape index (κ2) is 6.84. The monoisotopic (exact) mass is 333 g/mol. The Balaban J connectivity index is 1.98. The number of anilines is 2. The van der Waals surface area contributed by atoms with E-state index >= 15 is 0 Å². The van der Waals surface area contributed by atoms with Crippen LogP contribution in [0.3, 0.4) is 0 Å². The molecule has 0 fully saturated rings. The van der Waals surface area contributed by atoms with Gasteiger partial charge in [-0.2, -0.15) is 0 Å². The molecule has 0 aliphatic carbocycles. The van der Waals surface area contributed by atoms with Gasteiger partial charge in [0.15, 0.2) is 5.78 Å². The van der Waals surface area contributed by atoms with E-state index < -0.39 is 11.7 Å². The average Bonchev–Trinajstić information content (AvgIpc) is 2.62. The van der Waals surface area contributed by atoms with Gasteiger partial charge in [0.25, 0.3) is 5.91 Å². The topological polar surface area (TPSA) is 105 Å². The van der Waals surface area contributed by atoms with Crippen molar-refractivity contribution in [3.8, 4) is 5.75 Å². The second-order valence-electron chi connectivity index (χ2n) is 5.32. The summed E-state index contributed by atoms with van der Waals surface area (Å²) in [6.45, 7) is 0. The minimum Gasteiger partial charge on any atom is -0.507 e. The van der Waals surface area contributed by atoms with Crippen molar-refractivity contribution in [2.24, 2.45) is 5.73 Å². The van der Waals surface area contributed by atoms with Gasteiger partial charge in [0.05, 0.1) is 11.1 Å². The molecule has 0 saturated carbocycles. The number of para-hydroxylation sites is 2. The maximum atomic E-state index is 12.5. The summed E-state index contributed by atoms with van der Waals surface area (Å²) in [5, 5.41) is 12.8. The van der Waals surface area contributed by atoms with Gasteiger partial charge in [-0.3, -0.25) is 9.59 Å². The summed E-state index contributed by atoms with van der Waals surface area (Å²) in [7, 11) is 0. The zero-order valence-corrected chi connectivity index (χ0v) is 13.1. The van der Waals surface area contributed by atoms with Crippen molar-refractivity contribution in [3.63, 3.8) is 0 Å². The third-order valence-electron chi connectivity index (χ3n) is 3.60. The summed E-state index contributed by atoms with van der Waals surface area (Å²) in [5.74, 6) is -1.04. The number of rotatable bonds is 5. The third kappa shape index (κ3) is 3.48. The number of phenolic OH excluding ortho intramolecular Hbond substituents is 1. The van der Waals surface area contributed by atoms with Gasteiger partial charge in [-0.05, 0) is 30.3 Å². The Hall–Kier alpha value is -3.67. The fraction of sp³-hybridized carbons (Fsp3) is 0. The minimum atomic E-state index is -0.710. The van der Waals surface area contributed by atoms with E-state index in [-0.39, 0.29) is 28.3 Å². The van der Waals surface area contributed by atoms with E-state index in [9.17, 15) is 14.7 Å². The first-order chi connectivity index (χ1) is 12.1. The lowest BCUT2D eigenvalue weighted by Gasteiger charge is -2.11. The van der Waals surface area contributed by atoms with Gasteiger partial charge < -0.3 is 16.2 Å². The van der Waals surface area contributed by atoms with Crippen molar-refractivity contribution in [2.75, 3.05) is 5.32 Å². The lowest BCUT2D eigenvalue weighted by molar-refractivity contribution is 0.100. The Morgan fingerprint density at radius 3 is 2.32 bits per heavy atom. The van der Waals surface area contributed by atoms with Crippen LogP contribution in [0.4, 0.5) is 11.5 Å². The molecular weight excluding hydrogens is 318 g/mol. The standard InChI is InChI=1S/C19H15N3O3/c20-18(25)15-10-12(17(24)14-8-4-5-9-16(14)23)11-21-19(15)22-13-6-2-1-3-7-13/h1-11,23H,(H2,20,25)(H,21,22). The van der Waals surface area contributed by atoms with E-state index in [1.54, 1.807) is 12.1 Å². The van der Waals surface area contributed by atoms with E-state index in [1.807, 2.05) is 30.3 Å². The second-order valence-corrected chi connectivity index (χ2v) is 5.32. The Labute approximate surface area is 144 Å². The number of pyridine rings is 1. The fourth-order valence-corrected chi connectivity index (χ4v) is 2.36. The normalized spacial score (nSPS) is 10.2. The first-order valence-electron chi connectivity index (χ1n) is 7.51. The summed E-state index contributed by atoms with van der Waals surface area (Å²) in [6.07, 6.45) is 1.34. The fourth-order valence-electron chi connectivity index (χ4n) is 2.36. The quantitative estimate of drug-likeness (QED) is 0.623. The smallest absolute Gasteiger partial charge is 0.252 e. The van der Waals surface area contributed by atoms with E-state index in [0.29, 0.717) is 0 Å². The van der Waals surface area contributed by atoms with Crippen LogP contribution in [0.5, 0.6) is 5.75 Å². The van der Waals surface area contributed by atoms with Crippen LogP contribution in [0, 0.1) is 0 Å². The molecule has 1 aromatic heterocycles. The zero-order valence-electron chi connectivity index (χ0n) is 13.1. The predicted octanol–water partition coefficient (Wildman–Crippen LogP) is 2.86. The number of hydrogen-bond acceptors (Lipinski definition) is 5. The van der Waals surface area contributed by atoms with Gasteiger partial charge in [-0.15, -0.1) is 0 Å². The van der Waals surface area contributed by atoms with E-state index in [4.69, 9.17) is 5.73 Å². The largest absolute Gasteiger partial charge is 0.507 e. The molecule has 3 rings (SSSR count). The first kappa shape index (κ1) is 16.2. The van der Waals surface area contributed by atoms with Gasteiger partial charge >= 0.3 is 0 Å². The summed E-state index contributed by atoms with van der Waals surface area (Å²) in [4.78, 5) is 28.5. The molecule has 6 heteroatoms. The average molecular weight is 333 g/mol. The molecule has 0 unspecified atom stereocenters. The Morgan fingerprint density at radius 1 is 0.960 bits per heavy atom. The highest BCUT2D eigenvalue weighted by molar-refractivity contribution is 6.12. The molecule has 3 aromatic rings. The van der Waals surface area contributed by atoms with Crippen molar-refractivity contribution in [1.82, 2.24) is 4.98 Å². The lowest BCUT2D eigenvalue weighted by atomic mass is 10.0. The number of amides is 1. The summed E-state index contributed by atoms with van der Waals surface area (Å²) < 4.78 is 0. The highest BCUT2D eigenvalue weighted by Gasteiger charge is 2.18. The number of phenols is 1. The predicted molar refractivity (Wildman–Crippen MR) is 94.0 cm³/mol.